The number of ether oxygens (including phenoxy) is 1. The zero-order valence-electron chi connectivity index (χ0n) is 7.39. The topological polar surface area (TPSA) is 9.23 Å². The summed E-state index contributed by atoms with van der Waals surface area (Å²) in [6.07, 6.45) is -2.99. The number of thioether (sulfide) groups is 1. The van der Waals surface area contributed by atoms with Crippen LogP contribution in [0.1, 0.15) is 5.56 Å². The Morgan fingerprint density at radius 1 is 1.36 bits per heavy atom. The predicted molar refractivity (Wildman–Crippen MR) is 49.4 cm³/mol. The fourth-order valence-corrected chi connectivity index (χ4v) is 1.53. The quantitative estimate of drug-likeness (QED) is 0.707. The monoisotopic (exact) mass is 221 g/mol. The zero-order chi connectivity index (χ0) is 10.8. The smallest absolute Gasteiger partial charge is 0.404 e. The lowest BCUT2D eigenvalue weighted by molar-refractivity contribution is -0.275. The number of benzene rings is 1. The summed E-state index contributed by atoms with van der Waals surface area (Å²) in [7, 11) is 0. The lowest BCUT2D eigenvalue weighted by Crippen LogP contribution is -2.18. The van der Waals surface area contributed by atoms with Crippen molar-refractivity contribution in [3.8, 4) is 5.75 Å². The third-order valence-corrected chi connectivity index (χ3v) is 2.26. The maximum absolute atomic E-state index is 12.0. The van der Waals surface area contributed by atoms with Crippen LogP contribution in [0.25, 0.3) is 0 Å². The molecule has 0 aliphatic rings. The highest BCUT2D eigenvalue weighted by molar-refractivity contribution is 7.98. The van der Waals surface area contributed by atoms with Crippen molar-refractivity contribution < 1.29 is 17.9 Å². The van der Waals surface area contributed by atoms with E-state index in [4.69, 9.17) is 0 Å². The molecule has 14 heavy (non-hydrogen) atoms. The van der Waals surface area contributed by atoms with Crippen LogP contribution in [0.5, 0.6) is 5.75 Å². The van der Waals surface area contributed by atoms with Crippen molar-refractivity contribution >= 4 is 11.8 Å². The summed E-state index contributed by atoms with van der Waals surface area (Å²) in [5, 5.41) is 0. The molecular weight excluding hydrogens is 213 g/mol. The number of hydrogen-bond donors (Lipinski definition) is 0. The highest BCUT2D eigenvalue weighted by Crippen LogP contribution is 2.34. The van der Waals surface area contributed by atoms with Gasteiger partial charge in [0.2, 0.25) is 0 Å². The van der Waals surface area contributed by atoms with Gasteiger partial charge in [0.1, 0.15) is 5.75 Å². The minimum atomic E-state index is -4.67. The van der Waals surface area contributed by atoms with Gasteiger partial charge in [0.25, 0.3) is 0 Å². The summed E-state index contributed by atoms with van der Waals surface area (Å²) in [6.45, 7) is 3.47. The van der Waals surface area contributed by atoms with Gasteiger partial charge in [-0.3, -0.25) is 0 Å². The number of hydrogen-bond acceptors (Lipinski definition) is 2. The van der Waals surface area contributed by atoms with Gasteiger partial charge in [0.05, 0.1) is 0 Å². The van der Waals surface area contributed by atoms with Gasteiger partial charge in [0, 0.05) is 4.90 Å². The zero-order valence-corrected chi connectivity index (χ0v) is 8.21. The molecule has 77 valence electrons. The molecule has 0 heterocycles. The van der Waals surface area contributed by atoms with Crippen LogP contribution in [-0.2, 0) is 0 Å². The van der Waals surface area contributed by atoms with E-state index >= 15 is 0 Å². The summed E-state index contributed by atoms with van der Waals surface area (Å²) in [4.78, 5) is 0.426. The van der Waals surface area contributed by atoms with E-state index in [2.05, 4.69) is 11.7 Å². The van der Waals surface area contributed by atoms with Gasteiger partial charge in [-0.2, -0.15) is 0 Å². The van der Waals surface area contributed by atoms with Gasteiger partial charge in [-0.25, -0.2) is 0 Å². The standard InChI is InChI=1S/C9H8F3OS/c1-6-4-3-5-7(14-2)8(6)13-9(10,11)12/h3-5H,1H2,2H3. The van der Waals surface area contributed by atoms with Crippen LogP contribution in [0.4, 0.5) is 13.2 Å². The summed E-state index contributed by atoms with van der Waals surface area (Å²) in [5.41, 5.74) is 0.231. The maximum atomic E-state index is 12.0. The molecule has 0 unspecified atom stereocenters. The molecule has 0 saturated carbocycles. The van der Waals surface area contributed by atoms with Crippen molar-refractivity contribution in [2.75, 3.05) is 6.26 Å². The van der Waals surface area contributed by atoms with Gasteiger partial charge in [-0.1, -0.05) is 12.1 Å². The van der Waals surface area contributed by atoms with E-state index in [-0.39, 0.29) is 11.3 Å². The van der Waals surface area contributed by atoms with E-state index in [0.29, 0.717) is 4.90 Å². The lowest BCUT2D eigenvalue weighted by atomic mass is 10.2. The first-order valence-electron chi connectivity index (χ1n) is 3.69. The summed E-state index contributed by atoms with van der Waals surface area (Å²) < 4.78 is 39.8. The van der Waals surface area contributed by atoms with Crippen molar-refractivity contribution in [2.45, 2.75) is 11.3 Å². The number of alkyl halides is 3. The molecule has 0 aromatic heterocycles. The van der Waals surface area contributed by atoms with Crippen molar-refractivity contribution in [1.29, 1.82) is 0 Å². The van der Waals surface area contributed by atoms with Crippen molar-refractivity contribution in [2.24, 2.45) is 0 Å². The average molecular weight is 221 g/mol. The SMILES string of the molecule is [CH2]c1cccc(SC)c1OC(F)(F)F. The van der Waals surface area contributed by atoms with Crippen LogP contribution in [-0.4, -0.2) is 12.6 Å². The molecule has 0 N–H and O–H groups in total. The second kappa shape index (κ2) is 4.13. The molecule has 1 aromatic carbocycles. The Morgan fingerprint density at radius 3 is 2.50 bits per heavy atom. The molecule has 1 radical (unpaired) electrons. The van der Waals surface area contributed by atoms with E-state index in [1.165, 1.54) is 17.8 Å². The highest BCUT2D eigenvalue weighted by atomic mass is 32.2. The molecule has 0 amide bonds. The van der Waals surface area contributed by atoms with Crippen molar-refractivity contribution in [1.82, 2.24) is 0 Å². The van der Waals surface area contributed by atoms with E-state index in [1.54, 1.807) is 18.4 Å². The molecule has 0 fully saturated rings. The first-order valence-corrected chi connectivity index (χ1v) is 4.91. The van der Waals surface area contributed by atoms with E-state index < -0.39 is 6.36 Å². The van der Waals surface area contributed by atoms with Gasteiger partial charge in [-0.15, -0.1) is 24.9 Å². The third-order valence-electron chi connectivity index (χ3n) is 1.50. The van der Waals surface area contributed by atoms with Crippen LogP contribution in [0.15, 0.2) is 23.1 Å². The first kappa shape index (κ1) is 11.2. The van der Waals surface area contributed by atoms with Crippen LogP contribution in [0, 0.1) is 6.92 Å². The number of halogens is 3. The molecule has 0 spiro atoms. The molecular formula is C9H8F3OS. The Hall–Kier alpha value is -0.840. The second-order valence-corrected chi connectivity index (χ2v) is 3.34. The lowest BCUT2D eigenvalue weighted by Gasteiger charge is -2.13. The Morgan fingerprint density at radius 2 is 2.00 bits per heavy atom. The van der Waals surface area contributed by atoms with Crippen LogP contribution < -0.4 is 4.74 Å². The van der Waals surface area contributed by atoms with Gasteiger partial charge >= 0.3 is 6.36 Å². The maximum Gasteiger partial charge on any atom is 0.573 e. The summed E-state index contributed by atoms with van der Waals surface area (Å²) in [5.74, 6) is -0.215. The Bertz CT molecular complexity index is 322. The first-order chi connectivity index (χ1) is 6.44. The molecule has 0 bridgehead atoms. The number of rotatable bonds is 2. The van der Waals surface area contributed by atoms with Gasteiger partial charge < -0.3 is 4.74 Å². The minimum absolute atomic E-state index is 0.215. The molecule has 0 atom stereocenters. The van der Waals surface area contributed by atoms with Crippen LogP contribution >= 0.6 is 11.8 Å². The fourth-order valence-electron chi connectivity index (χ4n) is 0.954. The molecule has 1 aromatic rings. The molecule has 0 saturated heterocycles. The molecule has 1 rings (SSSR count). The Labute approximate surface area is 84.3 Å². The Balaban J connectivity index is 3.05. The predicted octanol–water partition coefficient (Wildman–Crippen LogP) is 3.49. The third kappa shape index (κ3) is 2.83. The van der Waals surface area contributed by atoms with Crippen LogP contribution in [0.3, 0.4) is 0 Å². The van der Waals surface area contributed by atoms with Gasteiger partial charge in [0.15, 0.2) is 0 Å². The molecule has 5 heteroatoms. The average Bonchev–Trinajstić information content (AvgIpc) is 2.06. The van der Waals surface area contributed by atoms with Crippen molar-refractivity contribution in [3.05, 3.63) is 30.7 Å². The van der Waals surface area contributed by atoms with E-state index in [1.807, 2.05) is 0 Å². The van der Waals surface area contributed by atoms with Crippen LogP contribution in [0.2, 0.25) is 0 Å². The van der Waals surface area contributed by atoms with Crippen molar-refractivity contribution in [3.63, 3.8) is 0 Å². The normalized spacial score (nSPS) is 11.5. The Kier molecular flexibility index (Phi) is 3.31. The second-order valence-electron chi connectivity index (χ2n) is 2.50. The molecule has 0 aliphatic carbocycles. The fraction of sp³-hybridized carbons (Fsp3) is 0.222. The van der Waals surface area contributed by atoms with Gasteiger partial charge in [-0.05, 0) is 24.8 Å². The minimum Gasteiger partial charge on any atom is -0.404 e. The summed E-state index contributed by atoms with van der Waals surface area (Å²) in [6, 6.07) is 4.67. The largest absolute Gasteiger partial charge is 0.573 e. The van der Waals surface area contributed by atoms with E-state index in [0.717, 1.165) is 0 Å². The highest BCUT2D eigenvalue weighted by Gasteiger charge is 2.32. The summed E-state index contributed by atoms with van der Waals surface area (Å²) >= 11 is 1.19. The van der Waals surface area contributed by atoms with E-state index in [9.17, 15) is 13.2 Å². The molecule has 1 nitrogen and oxygen atoms in total. The number of para-hydroxylation sites is 1. The molecule has 0 aliphatic heterocycles.